The predicted molar refractivity (Wildman–Crippen MR) is 139 cm³/mol. The number of tetrazole rings is 1. The Balaban J connectivity index is 1.35. The third-order valence-electron chi connectivity index (χ3n) is 6.00. The number of nitro groups is 1. The van der Waals surface area contributed by atoms with Gasteiger partial charge in [0.15, 0.2) is 0 Å². The lowest BCUT2D eigenvalue weighted by molar-refractivity contribution is -0.387. The van der Waals surface area contributed by atoms with Crippen LogP contribution < -0.4 is 0 Å². The van der Waals surface area contributed by atoms with Gasteiger partial charge in [-0.05, 0) is 83.1 Å². The van der Waals surface area contributed by atoms with E-state index in [1.54, 1.807) is 17.0 Å². The molecule has 2 aromatic carbocycles. The maximum atomic E-state index is 12.9. The number of nitrogens with zero attached hydrogens (tertiary/aromatic N) is 7. The summed E-state index contributed by atoms with van der Waals surface area (Å²) in [4.78, 5) is 52.3. The van der Waals surface area contributed by atoms with E-state index in [0.29, 0.717) is 46.2 Å². The van der Waals surface area contributed by atoms with Crippen LogP contribution in [0.4, 0.5) is 10.5 Å². The second-order valence-electron chi connectivity index (χ2n) is 8.50. The van der Waals surface area contributed by atoms with Crippen LogP contribution >= 0.6 is 23.5 Å². The van der Waals surface area contributed by atoms with E-state index in [1.165, 1.54) is 16.8 Å². The van der Waals surface area contributed by atoms with Crippen LogP contribution in [0, 0.1) is 10.1 Å². The lowest BCUT2D eigenvalue weighted by Crippen LogP contribution is -2.44. The largest absolute Gasteiger partial charge is 0.341 e. The smallest absolute Gasteiger partial charge is 0.294 e. The molecule has 2 fully saturated rings. The lowest BCUT2D eigenvalue weighted by Gasteiger charge is -2.27. The molecule has 2 aliphatic rings. The molecule has 0 N–H and O–H groups in total. The first-order valence-corrected chi connectivity index (χ1v) is 13.4. The molecule has 2 saturated heterocycles. The van der Waals surface area contributed by atoms with Gasteiger partial charge in [-0.2, -0.15) is 4.68 Å². The molecule has 0 bridgehead atoms. The molecule has 1 aromatic heterocycles. The number of hydrogen-bond donors (Lipinski definition) is 0. The SMILES string of the molecule is O=C(CN1C(=O)S/C(=C\c2ccc(Sc3nnnn3-c3ccccc3)c([N+](=O)[O-])c2)C1=O)N1CCCCC1. The number of amides is 3. The van der Waals surface area contributed by atoms with E-state index < -0.39 is 16.1 Å². The molecule has 2 aliphatic heterocycles. The van der Waals surface area contributed by atoms with Crippen molar-refractivity contribution in [3.05, 3.63) is 69.1 Å². The van der Waals surface area contributed by atoms with E-state index >= 15 is 0 Å². The van der Waals surface area contributed by atoms with Crippen LogP contribution in [-0.2, 0) is 9.59 Å². The minimum Gasteiger partial charge on any atom is -0.341 e. The van der Waals surface area contributed by atoms with Crippen molar-refractivity contribution in [1.29, 1.82) is 0 Å². The molecule has 0 atom stereocenters. The van der Waals surface area contributed by atoms with E-state index in [-0.39, 0.29) is 23.0 Å². The highest BCUT2D eigenvalue weighted by Crippen LogP contribution is 2.37. The summed E-state index contributed by atoms with van der Waals surface area (Å²) >= 11 is 1.74. The molecule has 14 heteroatoms. The lowest BCUT2D eigenvalue weighted by atomic mass is 10.1. The van der Waals surface area contributed by atoms with Gasteiger partial charge < -0.3 is 4.90 Å². The zero-order chi connectivity index (χ0) is 26.6. The minimum absolute atomic E-state index is 0.101. The van der Waals surface area contributed by atoms with Crippen molar-refractivity contribution in [2.45, 2.75) is 29.3 Å². The number of carbonyl (C=O) groups is 3. The fourth-order valence-corrected chi connectivity index (χ4v) is 5.81. The van der Waals surface area contributed by atoms with E-state index in [1.807, 2.05) is 30.3 Å². The van der Waals surface area contributed by atoms with Gasteiger partial charge in [-0.15, -0.1) is 5.10 Å². The van der Waals surface area contributed by atoms with Gasteiger partial charge >= 0.3 is 0 Å². The van der Waals surface area contributed by atoms with E-state index in [4.69, 9.17) is 0 Å². The number of thioether (sulfide) groups is 1. The van der Waals surface area contributed by atoms with Gasteiger partial charge in [0.2, 0.25) is 11.1 Å². The van der Waals surface area contributed by atoms with Crippen LogP contribution in [0.3, 0.4) is 0 Å². The second kappa shape index (κ2) is 11.1. The molecule has 3 aromatic rings. The Bertz CT molecular complexity index is 1440. The van der Waals surface area contributed by atoms with Gasteiger partial charge in [0.05, 0.1) is 20.4 Å². The summed E-state index contributed by atoms with van der Waals surface area (Å²) < 4.78 is 1.48. The van der Waals surface area contributed by atoms with Crippen molar-refractivity contribution < 1.29 is 19.3 Å². The Morgan fingerprint density at radius 3 is 2.61 bits per heavy atom. The molecule has 0 aliphatic carbocycles. The summed E-state index contributed by atoms with van der Waals surface area (Å²) in [7, 11) is 0. The minimum atomic E-state index is -0.589. The number of carbonyl (C=O) groups excluding carboxylic acids is 3. The van der Waals surface area contributed by atoms with Gasteiger partial charge in [0.1, 0.15) is 6.54 Å². The Hall–Kier alpha value is -4.04. The molecule has 5 rings (SSSR count). The van der Waals surface area contributed by atoms with E-state index in [2.05, 4.69) is 15.5 Å². The Morgan fingerprint density at radius 2 is 1.87 bits per heavy atom. The van der Waals surface area contributed by atoms with Gasteiger partial charge in [0.25, 0.3) is 16.8 Å². The average Bonchev–Trinajstić information content (AvgIpc) is 3.50. The van der Waals surface area contributed by atoms with Gasteiger partial charge in [-0.25, -0.2) is 0 Å². The summed E-state index contributed by atoms with van der Waals surface area (Å²) in [5, 5.41) is 23.3. The van der Waals surface area contributed by atoms with Crippen LogP contribution in [-0.4, -0.2) is 71.6 Å². The molecular formula is C24H21N7O5S2. The van der Waals surface area contributed by atoms with Crippen LogP contribution in [0.25, 0.3) is 11.8 Å². The standard InChI is InChI=1S/C24H21N7O5S2/c32-21(28-11-5-2-6-12-28)15-29-22(33)20(38-24(29)34)14-16-9-10-19(18(13-16)31(35)36)37-23-25-26-27-30(23)17-7-3-1-4-8-17/h1,3-4,7-10,13-14H,2,5-6,11-12,15H2/b20-14-. The van der Waals surface area contributed by atoms with Crippen molar-refractivity contribution in [2.24, 2.45) is 0 Å². The quantitative estimate of drug-likeness (QED) is 0.242. The third-order valence-corrected chi connectivity index (χ3v) is 7.91. The van der Waals surface area contributed by atoms with Crippen LogP contribution in [0.5, 0.6) is 0 Å². The molecule has 0 unspecified atom stereocenters. The number of likely N-dealkylation sites (tertiary alicyclic amines) is 1. The maximum Gasteiger partial charge on any atom is 0.294 e. The molecule has 0 spiro atoms. The topological polar surface area (TPSA) is 144 Å². The fraction of sp³-hybridized carbons (Fsp3) is 0.250. The summed E-state index contributed by atoms with van der Waals surface area (Å²) in [5.41, 5.74) is 0.871. The number of rotatable bonds is 7. The predicted octanol–water partition coefficient (Wildman–Crippen LogP) is 3.77. The van der Waals surface area contributed by atoms with Crippen LogP contribution in [0.2, 0.25) is 0 Å². The monoisotopic (exact) mass is 551 g/mol. The molecule has 194 valence electrons. The first kappa shape index (κ1) is 25.6. The normalized spacial score (nSPS) is 16.9. The molecule has 0 radical (unpaired) electrons. The van der Waals surface area contributed by atoms with E-state index in [0.717, 1.165) is 35.9 Å². The molecule has 38 heavy (non-hydrogen) atoms. The number of piperidine rings is 1. The highest BCUT2D eigenvalue weighted by molar-refractivity contribution is 8.18. The second-order valence-corrected chi connectivity index (χ2v) is 10.5. The van der Waals surface area contributed by atoms with Crippen molar-refractivity contribution in [3.63, 3.8) is 0 Å². The fourth-order valence-electron chi connectivity index (χ4n) is 4.09. The number of nitro benzene ring substituents is 1. The number of imide groups is 1. The van der Waals surface area contributed by atoms with Crippen molar-refractivity contribution >= 4 is 52.3 Å². The van der Waals surface area contributed by atoms with Crippen LogP contribution in [0.1, 0.15) is 24.8 Å². The Labute approximate surface area is 225 Å². The molecule has 12 nitrogen and oxygen atoms in total. The Kier molecular flexibility index (Phi) is 7.51. The van der Waals surface area contributed by atoms with Crippen LogP contribution in [0.15, 0.2) is 63.5 Å². The summed E-state index contributed by atoms with van der Waals surface area (Å²) in [6.07, 6.45) is 4.29. The number of aromatic nitrogens is 4. The number of para-hydroxylation sites is 1. The van der Waals surface area contributed by atoms with Crippen molar-refractivity contribution in [2.75, 3.05) is 19.6 Å². The first-order valence-electron chi connectivity index (χ1n) is 11.7. The zero-order valence-corrected chi connectivity index (χ0v) is 21.6. The maximum absolute atomic E-state index is 12.9. The first-order chi connectivity index (χ1) is 18.4. The molecule has 3 amide bonds. The zero-order valence-electron chi connectivity index (χ0n) is 19.9. The van der Waals surface area contributed by atoms with E-state index in [9.17, 15) is 24.5 Å². The van der Waals surface area contributed by atoms with Gasteiger partial charge in [-0.1, -0.05) is 24.3 Å². The Morgan fingerprint density at radius 1 is 1.11 bits per heavy atom. The highest BCUT2D eigenvalue weighted by atomic mass is 32.2. The molecular weight excluding hydrogens is 530 g/mol. The average molecular weight is 552 g/mol. The van der Waals surface area contributed by atoms with Gasteiger partial charge in [-0.3, -0.25) is 29.4 Å². The molecule has 3 heterocycles. The summed E-state index contributed by atoms with van der Waals surface area (Å²) in [6, 6.07) is 13.6. The van der Waals surface area contributed by atoms with Crippen molar-refractivity contribution in [1.82, 2.24) is 30.0 Å². The summed E-state index contributed by atoms with van der Waals surface area (Å²) in [5.74, 6) is -0.850. The van der Waals surface area contributed by atoms with Crippen molar-refractivity contribution in [3.8, 4) is 5.69 Å². The molecule has 0 saturated carbocycles. The number of benzene rings is 2. The highest BCUT2D eigenvalue weighted by Gasteiger charge is 2.37. The third kappa shape index (κ3) is 5.45. The van der Waals surface area contributed by atoms with Gasteiger partial charge in [0, 0.05) is 19.2 Å². The summed E-state index contributed by atoms with van der Waals surface area (Å²) in [6.45, 7) is 0.932. The number of hydrogen-bond acceptors (Lipinski definition) is 10.